The zero-order valence-electron chi connectivity index (χ0n) is 11.4. The van der Waals surface area contributed by atoms with Crippen molar-refractivity contribution in [2.45, 2.75) is 38.1 Å². The van der Waals surface area contributed by atoms with Crippen molar-refractivity contribution in [1.82, 2.24) is 5.32 Å². The molecule has 1 fully saturated rings. The van der Waals surface area contributed by atoms with Crippen LogP contribution in [0, 0.1) is 5.92 Å². The monoisotopic (exact) mass is 295 g/mol. The van der Waals surface area contributed by atoms with Crippen LogP contribution in [0.3, 0.4) is 0 Å². The quantitative estimate of drug-likeness (QED) is 0.900. The second-order valence-corrected chi connectivity index (χ2v) is 5.82. The van der Waals surface area contributed by atoms with Gasteiger partial charge in [-0.25, -0.2) is 4.79 Å². The van der Waals surface area contributed by atoms with Gasteiger partial charge in [-0.15, -0.1) is 0 Å². The molecule has 1 amide bonds. The molecule has 0 bridgehead atoms. The number of hydrogen-bond acceptors (Lipinski definition) is 2. The SMILES string of the molecule is CC1CCCCC1(NC(=O)c1cccc(Cl)c1)C(=O)O. The molecule has 1 saturated carbocycles. The molecule has 2 unspecified atom stereocenters. The first-order chi connectivity index (χ1) is 9.45. The Balaban J connectivity index is 2.24. The number of carbonyl (C=O) groups excluding carboxylic acids is 1. The van der Waals surface area contributed by atoms with Gasteiger partial charge in [-0.1, -0.05) is 37.4 Å². The highest BCUT2D eigenvalue weighted by Crippen LogP contribution is 2.34. The van der Waals surface area contributed by atoms with E-state index in [1.807, 2.05) is 6.92 Å². The van der Waals surface area contributed by atoms with E-state index in [9.17, 15) is 14.7 Å². The van der Waals surface area contributed by atoms with Gasteiger partial charge in [0.2, 0.25) is 0 Å². The van der Waals surface area contributed by atoms with Crippen LogP contribution in [-0.4, -0.2) is 22.5 Å². The van der Waals surface area contributed by atoms with Gasteiger partial charge < -0.3 is 10.4 Å². The third-order valence-corrected chi connectivity index (χ3v) is 4.34. The second kappa shape index (κ2) is 5.83. The molecule has 0 saturated heterocycles. The van der Waals surface area contributed by atoms with Gasteiger partial charge in [0.25, 0.3) is 5.91 Å². The van der Waals surface area contributed by atoms with Crippen LogP contribution in [0.15, 0.2) is 24.3 Å². The maximum atomic E-state index is 12.3. The summed E-state index contributed by atoms with van der Waals surface area (Å²) in [4.78, 5) is 24.0. The molecule has 2 atom stereocenters. The molecule has 5 heteroatoms. The molecule has 2 rings (SSSR count). The summed E-state index contributed by atoms with van der Waals surface area (Å²) in [5, 5.41) is 12.8. The van der Waals surface area contributed by atoms with Crippen LogP contribution >= 0.6 is 11.6 Å². The van der Waals surface area contributed by atoms with E-state index in [0.29, 0.717) is 17.0 Å². The van der Waals surface area contributed by atoms with E-state index in [-0.39, 0.29) is 11.8 Å². The number of carboxylic acid groups (broad SMARTS) is 1. The lowest BCUT2D eigenvalue weighted by Gasteiger charge is -2.39. The molecule has 0 heterocycles. The normalized spacial score (nSPS) is 26.0. The first-order valence-corrected chi connectivity index (χ1v) is 7.15. The molecule has 0 radical (unpaired) electrons. The summed E-state index contributed by atoms with van der Waals surface area (Å²) < 4.78 is 0. The number of benzene rings is 1. The van der Waals surface area contributed by atoms with Gasteiger partial charge >= 0.3 is 5.97 Å². The molecule has 2 N–H and O–H groups in total. The Labute approximate surface area is 123 Å². The minimum Gasteiger partial charge on any atom is -0.479 e. The minimum atomic E-state index is -1.17. The molecular weight excluding hydrogens is 278 g/mol. The summed E-state index contributed by atoms with van der Waals surface area (Å²) in [7, 11) is 0. The van der Waals surface area contributed by atoms with Gasteiger partial charge in [0.15, 0.2) is 0 Å². The Bertz CT molecular complexity index is 532. The lowest BCUT2D eigenvalue weighted by molar-refractivity contribution is -0.148. The van der Waals surface area contributed by atoms with E-state index in [4.69, 9.17) is 11.6 Å². The number of carboxylic acids is 1. The maximum Gasteiger partial charge on any atom is 0.329 e. The predicted molar refractivity (Wildman–Crippen MR) is 76.9 cm³/mol. The molecule has 1 aromatic carbocycles. The average molecular weight is 296 g/mol. The van der Waals surface area contributed by atoms with E-state index in [1.165, 1.54) is 0 Å². The number of nitrogens with one attached hydrogen (secondary N) is 1. The molecule has 0 aromatic heterocycles. The minimum absolute atomic E-state index is 0.0862. The van der Waals surface area contributed by atoms with E-state index in [2.05, 4.69) is 5.32 Å². The van der Waals surface area contributed by atoms with Crippen LogP contribution in [0.2, 0.25) is 5.02 Å². The smallest absolute Gasteiger partial charge is 0.329 e. The van der Waals surface area contributed by atoms with Crippen molar-refractivity contribution < 1.29 is 14.7 Å². The molecule has 1 aliphatic rings. The first kappa shape index (κ1) is 14.9. The van der Waals surface area contributed by atoms with Gasteiger partial charge in [-0.2, -0.15) is 0 Å². The molecule has 1 aromatic rings. The van der Waals surface area contributed by atoms with Crippen molar-refractivity contribution in [3.05, 3.63) is 34.9 Å². The highest BCUT2D eigenvalue weighted by Gasteiger charge is 2.46. The van der Waals surface area contributed by atoms with E-state index < -0.39 is 11.5 Å². The Morgan fingerprint density at radius 2 is 2.15 bits per heavy atom. The number of carbonyl (C=O) groups is 2. The second-order valence-electron chi connectivity index (χ2n) is 5.39. The van der Waals surface area contributed by atoms with Crippen molar-refractivity contribution in [2.75, 3.05) is 0 Å². The third kappa shape index (κ3) is 2.80. The topological polar surface area (TPSA) is 66.4 Å². The molecule has 0 aliphatic heterocycles. The van der Waals surface area contributed by atoms with E-state index in [0.717, 1.165) is 19.3 Å². The van der Waals surface area contributed by atoms with Crippen molar-refractivity contribution in [2.24, 2.45) is 5.92 Å². The molecule has 4 nitrogen and oxygen atoms in total. The number of aliphatic carboxylic acids is 1. The van der Waals surface area contributed by atoms with Gasteiger partial charge in [0.1, 0.15) is 5.54 Å². The van der Waals surface area contributed by atoms with Crippen molar-refractivity contribution >= 4 is 23.5 Å². The zero-order valence-corrected chi connectivity index (χ0v) is 12.1. The maximum absolute atomic E-state index is 12.3. The number of rotatable bonds is 3. The Kier molecular flexibility index (Phi) is 4.33. The van der Waals surface area contributed by atoms with E-state index in [1.54, 1.807) is 24.3 Å². The van der Waals surface area contributed by atoms with Crippen LogP contribution in [0.25, 0.3) is 0 Å². The Morgan fingerprint density at radius 1 is 1.40 bits per heavy atom. The summed E-state index contributed by atoms with van der Waals surface area (Å²) in [5.74, 6) is -1.43. The van der Waals surface area contributed by atoms with Crippen LogP contribution in [0.1, 0.15) is 43.0 Å². The number of hydrogen-bond donors (Lipinski definition) is 2. The van der Waals surface area contributed by atoms with Gasteiger partial charge in [-0.05, 0) is 37.0 Å². The third-order valence-electron chi connectivity index (χ3n) is 4.10. The Morgan fingerprint density at radius 3 is 2.75 bits per heavy atom. The molecule has 1 aliphatic carbocycles. The number of amides is 1. The Hall–Kier alpha value is -1.55. The highest BCUT2D eigenvalue weighted by atomic mass is 35.5. The summed E-state index contributed by atoms with van der Waals surface area (Å²) in [6.07, 6.45) is 3.09. The summed E-state index contributed by atoms with van der Waals surface area (Å²) in [6.45, 7) is 1.88. The van der Waals surface area contributed by atoms with Crippen LogP contribution < -0.4 is 5.32 Å². The molecule has 0 spiro atoms. The van der Waals surface area contributed by atoms with Crippen molar-refractivity contribution in [1.29, 1.82) is 0 Å². The predicted octanol–water partition coefficient (Wildman–Crippen LogP) is 3.10. The van der Waals surface area contributed by atoms with Gasteiger partial charge in [0.05, 0.1) is 0 Å². The fraction of sp³-hybridized carbons (Fsp3) is 0.467. The summed E-state index contributed by atoms with van der Waals surface area (Å²) >= 11 is 5.86. The standard InChI is InChI=1S/C15H18ClNO3/c1-10-5-2-3-8-15(10,14(19)20)17-13(18)11-6-4-7-12(16)9-11/h4,6-7,9-10H,2-3,5,8H2,1H3,(H,17,18)(H,19,20). The van der Waals surface area contributed by atoms with Gasteiger partial charge in [-0.3, -0.25) is 4.79 Å². The van der Waals surface area contributed by atoms with Crippen LogP contribution in [0.4, 0.5) is 0 Å². The van der Waals surface area contributed by atoms with Crippen LogP contribution in [-0.2, 0) is 4.79 Å². The summed E-state index contributed by atoms with van der Waals surface area (Å²) in [6, 6.07) is 6.52. The fourth-order valence-electron chi connectivity index (χ4n) is 2.81. The van der Waals surface area contributed by atoms with Crippen molar-refractivity contribution in [3.63, 3.8) is 0 Å². The summed E-state index contributed by atoms with van der Waals surface area (Å²) in [5.41, 5.74) is -0.784. The van der Waals surface area contributed by atoms with Crippen LogP contribution in [0.5, 0.6) is 0 Å². The highest BCUT2D eigenvalue weighted by molar-refractivity contribution is 6.31. The largest absolute Gasteiger partial charge is 0.479 e. The first-order valence-electron chi connectivity index (χ1n) is 6.77. The van der Waals surface area contributed by atoms with Crippen molar-refractivity contribution in [3.8, 4) is 0 Å². The zero-order chi connectivity index (χ0) is 14.8. The lowest BCUT2D eigenvalue weighted by Crippen LogP contribution is -2.60. The fourth-order valence-corrected chi connectivity index (χ4v) is 3.00. The molecule has 20 heavy (non-hydrogen) atoms. The molecule has 108 valence electrons. The van der Waals surface area contributed by atoms with E-state index >= 15 is 0 Å². The number of halogens is 1. The average Bonchev–Trinajstić information content (AvgIpc) is 2.41. The van der Waals surface area contributed by atoms with Gasteiger partial charge in [0, 0.05) is 10.6 Å². The lowest BCUT2D eigenvalue weighted by atomic mass is 9.73. The molecular formula is C15H18ClNO3.